The van der Waals surface area contributed by atoms with Crippen molar-refractivity contribution in [3.05, 3.63) is 29.6 Å². The van der Waals surface area contributed by atoms with Crippen LogP contribution in [0, 0.1) is 6.92 Å². The number of hydrogen-bond donors (Lipinski definition) is 0. The molecule has 0 aliphatic rings. The Morgan fingerprint density at radius 3 is 2.60 bits per heavy atom. The van der Waals surface area contributed by atoms with Gasteiger partial charge in [-0.25, -0.2) is 0 Å². The fourth-order valence-electron chi connectivity index (χ4n) is 1.08. The molecule has 82 valence electrons. The third kappa shape index (κ3) is 3.77. The highest BCUT2D eigenvalue weighted by Gasteiger charge is 2.17. The molecule has 5 nitrogen and oxygen atoms in total. The molecular formula is C9H11NO4S. The fraction of sp³-hybridized carbons (Fsp3) is 0.333. The third-order valence-electron chi connectivity index (χ3n) is 1.63. The Bertz CT molecular complexity index is 455. The predicted molar refractivity (Wildman–Crippen MR) is 53.7 cm³/mol. The van der Waals surface area contributed by atoms with E-state index in [1.165, 1.54) is 6.20 Å². The Labute approximate surface area is 88.2 Å². The van der Waals surface area contributed by atoms with Crippen molar-refractivity contribution in [2.24, 2.45) is 0 Å². The van der Waals surface area contributed by atoms with E-state index in [0.717, 1.165) is 11.8 Å². The molecule has 1 atom stereocenters. The Kier molecular flexibility index (Phi) is 3.54. The highest BCUT2D eigenvalue weighted by Crippen LogP contribution is 2.16. The van der Waals surface area contributed by atoms with Gasteiger partial charge in [0.1, 0.15) is 0 Å². The molecule has 0 aliphatic carbocycles. The van der Waals surface area contributed by atoms with Gasteiger partial charge in [0.2, 0.25) is 0 Å². The fourth-order valence-corrected chi connectivity index (χ4v) is 1.61. The summed E-state index contributed by atoms with van der Waals surface area (Å²) in [7, 11) is -3.66. The molecule has 0 fully saturated rings. The maximum absolute atomic E-state index is 10.9. The van der Waals surface area contributed by atoms with Gasteiger partial charge >= 0.3 is 0 Å². The summed E-state index contributed by atoms with van der Waals surface area (Å²) in [5.74, 6) is 0. The van der Waals surface area contributed by atoms with E-state index in [-0.39, 0.29) is 0 Å². The minimum Gasteiger partial charge on any atom is -0.300 e. The molecule has 1 aromatic rings. The third-order valence-corrected chi connectivity index (χ3v) is 2.18. The molecular weight excluding hydrogens is 218 g/mol. The van der Waals surface area contributed by atoms with Gasteiger partial charge in [-0.3, -0.25) is 9.17 Å². The number of carbonyl (C=O) groups excluding carboxylic acids is 1. The number of carbonyl (C=O) groups is 1. The first kappa shape index (κ1) is 11.8. The summed E-state index contributed by atoms with van der Waals surface area (Å²) in [5, 5.41) is 0. The zero-order valence-electron chi connectivity index (χ0n) is 8.38. The quantitative estimate of drug-likeness (QED) is 0.558. The lowest BCUT2D eigenvalue weighted by Crippen LogP contribution is -2.12. The number of rotatable bonds is 4. The summed E-state index contributed by atoms with van der Waals surface area (Å²) in [6.45, 7) is 1.79. The molecule has 0 saturated heterocycles. The smallest absolute Gasteiger partial charge is 0.265 e. The van der Waals surface area contributed by atoms with Crippen molar-refractivity contribution >= 4 is 16.4 Å². The summed E-state index contributed by atoms with van der Waals surface area (Å²) in [4.78, 5) is 14.5. The van der Waals surface area contributed by atoms with Crippen LogP contribution in [0.3, 0.4) is 0 Å². The highest BCUT2D eigenvalue weighted by atomic mass is 32.2. The van der Waals surface area contributed by atoms with Crippen LogP contribution in [-0.4, -0.2) is 25.9 Å². The molecule has 0 aromatic carbocycles. The van der Waals surface area contributed by atoms with Crippen LogP contribution in [0.4, 0.5) is 0 Å². The first-order chi connectivity index (χ1) is 6.92. The summed E-state index contributed by atoms with van der Waals surface area (Å²) in [6.07, 6.45) is 3.21. The van der Waals surface area contributed by atoms with Crippen LogP contribution >= 0.6 is 0 Å². The molecule has 6 heteroatoms. The monoisotopic (exact) mass is 229 g/mol. The Balaban J connectivity index is 2.98. The van der Waals surface area contributed by atoms with E-state index in [1.807, 2.05) is 0 Å². The zero-order valence-corrected chi connectivity index (χ0v) is 9.19. The van der Waals surface area contributed by atoms with Gasteiger partial charge < -0.3 is 4.79 Å². The van der Waals surface area contributed by atoms with Crippen LogP contribution in [0.2, 0.25) is 0 Å². The molecule has 0 N–H and O–H groups in total. The standard InChI is InChI=1S/C9H11NO4S/c1-7-3-8(5-10-4-7)9(6-11)14-15(2,12)13/h3-6,9H,1-2H3. The maximum atomic E-state index is 10.9. The molecule has 0 bridgehead atoms. The van der Waals surface area contributed by atoms with Gasteiger partial charge in [0, 0.05) is 18.0 Å². The number of nitrogens with zero attached hydrogens (tertiary/aromatic N) is 1. The second kappa shape index (κ2) is 4.50. The van der Waals surface area contributed by atoms with Crippen LogP contribution in [0.5, 0.6) is 0 Å². The normalized spacial score (nSPS) is 13.5. The molecule has 1 heterocycles. The van der Waals surface area contributed by atoms with Crippen LogP contribution in [0.25, 0.3) is 0 Å². The largest absolute Gasteiger partial charge is 0.300 e. The predicted octanol–water partition coefficient (Wildman–Crippen LogP) is 0.606. The van der Waals surface area contributed by atoms with Crippen molar-refractivity contribution in [1.29, 1.82) is 0 Å². The van der Waals surface area contributed by atoms with Crippen LogP contribution in [0.15, 0.2) is 18.5 Å². The number of hydrogen-bond acceptors (Lipinski definition) is 5. The SMILES string of the molecule is Cc1cncc(C(C=O)OS(C)(=O)=O)c1. The second-order valence-electron chi connectivity index (χ2n) is 3.15. The Morgan fingerprint density at radius 2 is 2.13 bits per heavy atom. The Hall–Kier alpha value is -1.27. The summed E-state index contributed by atoms with van der Waals surface area (Å²) >= 11 is 0. The molecule has 1 rings (SSSR count). The van der Waals surface area contributed by atoms with E-state index >= 15 is 0 Å². The number of aldehydes is 1. The van der Waals surface area contributed by atoms with Gasteiger partial charge in [-0.2, -0.15) is 8.42 Å². The minimum absolute atomic E-state index is 0.426. The van der Waals surface area contributed by atoms with Crippen LogP contribution in [0.1, 0.15) is 17.2 Å². The lowest BCUT2D eigenvalue weighted by molar-refractivity contribution is -0.113. The average molecular weight is 229 g/mol. The van der Waals surface area contributed by atoms with Gasteiger partial charge in [-0.15, -0.1) is 0 Å². The molecule has 0 aliphatic heterocycles. The van der Waals surface area contributed by atoms with Gasteiger partial charge in [-0.05, 0) is 18.6 Å². The van der Waals surface area contributed by atoms with Gasteiger partial charge in [-0.1, -0.05) is 0 Å². The first-order valence-electron chi connectivity index (χ1n) is 4.17. The van der Waals surface area contributed by atoms with Crippen LogP contribution in [-0.2, 0) is 19.1 Å². The van der Waals surface area contributed by atoms with E-state index in [9.17, 15) is 13.2 Å². The molecule has 1 unspecified atom stereocenters. The topological polar surface area (TPSA) is 73.3 Å². The van der Waals surface area contributed by atoms with Crippen molar-refractivity contribution in [1.82, 2.24) is 4.98 Å². The summed E-state index contributed by atoms with van der Waals surface area (Å²) in [6, 6.07) is 1.65. The lowest BCUT2D eigenvalue weighted by Gasteiger charge is -2.09. The first-order valence-corrected chi connectivity index (χ1v) is 5.99. The van der Waals surface area contributed by atoms with Crippen molar-refractivity contribution < 1.29 is 17.4 Å². The highest BCUT2D eigenvalue weighted by molar-refractivity contribution is 7.86. The second-order valence-corrected chi connectivity index (χ2v) is 4.75. The van der Waals surface area contributed by atoms with Crippen molar-refractivity contribution in [2.75, 3.05) is 6.26 Å². The van der Waals surface area contributed by atoms with Crippen molar-refractivity contribution in [2.45, 2.75) is 13.0 Å². The molecule has 0 spiro atoms. The number of pyridine rings is 1. The average Bonchev–Trinajstić information content (AvgIpc) is 2.13. The number of aryl methyl sites for hydroxylation is 1. The van der Waals surface area contributed by atoms with Crippen molar-refractivity contribution in [3.63, 3.8) is 0 Å². The molecule has 1 aromatic heterocycles. The molecule has 0 saturated carbocycles. The van der Waals surface area contributed by atoms with Crippen LogP contribution < -0.4 is 0 Å². The van der Waals surface area contributed by atoms with Gasteiger partial charge in [0.25, 0.3) is 10.1 Å². The Morgan fingerprint density at radius 1 is 1.47 bits per heavy atom. The van der Waals surface area contributed by atoms with E-state index in [0.29, 0.717) is 11.8 Å². The zero-order chi connectivity index (χ0) is 11.5. The maximum Gasteiger partial charge on any atom is 0.265 e. The van der Waals surface area contributed by atoms with E-state index < -0.39 is 16.2 Å². The van der Waals surface area contributed by atoms with E-state index in [4.69, 9.17) is 0 Å². The van der Waals surface area contributed by atoms with E-state index in [2.05, 4.69) is 9.17 Å². The number of aromatic nitrogens is 1. The molecule has 0 amide bonds. The minimum atomic E-state index is -3.66. The molecule has 15 heavy (non-hydrogen) atoms. The lowest BCUT2D eigenvalue weighted by atomic mass is 10.1. The van der Waals surface area contributed by atoms with Gasteiger partial charge in [0.15, 0.2) is 12.4 Å². The van der Waals surface area contributed by atoms with E-state index in [1.54, 1.807) is 19.2 Å². The van der Waals surface area contributed by atoms with Gasteiger partial charge in [0.05, 0.1) is 6.26 Å². The van der Waals surface area contributed by atoms with Crippen molar-refractivity contribution in [3.8, 4) is 0 Å². The summed E-state index contributed by atoms with van der Waals surface area (Å²) in [5.41, 5.74) is 1.26. The molecule has 0 radical (unpaired) electrons. The summed E-state index contributed by atoms with van der Waals surface area (Å²) < 4.78 is 26.3.